The Balaban J connectivity index is 2.30. The molecular formula is C24H26. The zero-order valence-corrected chi connectivity index (χ0v) is 15.6. The van der Waals surface area contributed by atoms with Gasteiger partial charge in [-0.25, -0.2) is 0 Å². The van der Waals surface area contributed by atoms with E-state index in [2.05, 4.69) is 90.1 Å². The molecule has 0 radical (unpaired) electrons. The minimum Gasteiger partial charge on any atom is -0.0590 e. The third kappa shape index (κ3) is 3.01. The van der Waals surface area contributed by atoms with E-state index in [1.807, 2.05) is 0 Å². The minimum atomic E-state index is 1.31. The van der Waals surface area contributed by atoms with Gasteiger partial charge < -0.3 is 0 Å². The van der Waals surface area contributed by atoms with E-state index in [-0.39, 0.29) is 0 Å². The van der Waals surface area contributed by atoms with Crippen LogP contribution in [0.5, 0.6) is 0 Å². The first-order chi connectivity index (χ1) is 11.4. The monoisotopic (exact) mass is 314 g/mol. The van der Waals surface area contributed by atoms with Crippen molar-refractivity contribution >= 4 is 0 Å². The van der Waals surface area contributed by atoms with Crippen LogP contribution in [-0.4, -0.2) is 0 Å². The Morgan fingerprint density at radius 1 is 0.417 bits per heavy atom. The van der Waals surface area contributed by atoms with Gasteiger partial charge in [-0.2, -0.15) is 0 Å². The van der Waals surface area contributed by atoms with Crippen LogP contribution >= 0.6 is 0 Å². The van der Waals surface area contributed by atoms with Crippen molar-refractivity contribution in [2.75, 3.05) is 0 Å². The maximum atomic E-state index is 2.33. The molecule has 0 heteroatoms. The van der Waals surface area contributed by atoms with Gasteiger partial charge in [-0.15, -0.1) is 0 Å². The van der Waals surface area contributed by atoms with Crippen molar-refractivity contribution in [2.24, 2.45) is 0 Å². The van der Waals surface area contributed by atoms with E-state index in [4.69, 9.17) is 0 Å². The number of benzene rings is 3. The molecule has 122 valence electrons. The summed E-state index contributed by atoms with van der Waals surface area (Å²) in [5.74, 6) is 0. The first-order valence-corrected chi connectivity index (χ1v) is 8.63. The lowest BCUT2D eigenvalue weighted by molar-refractivity contribution is 1.33. The molecule has 0 unspecified atom stereocenters. The van der Waals surface area contributed by atoms with Crippen LogP contribution in [0.25, 0.3) is 22.3 Å². The van der Waals surface area contributed by atoms with Crippen LogP contribution in [0.4, 0.5) is 0 Å². The van der Waals surface area contributed by atoms with Gasteiger partial charge in [0.05, 0.1) is 0 Å². The first kappa shape index (κ1) is 16.5. The smallest absolute Gasteiger partial charge is 0.0143 e. The molecule has 0 aliphatic carbocycles. The second-order valence-corrected chi connectivity index (χ2v) is 7.12. The van der Waals surface area contributed by atoms with Crippen LogP contribution in [0, 0.1) is 41.5 Å². The SMILES string of the molecule is Cc1ccc(C)c(-c2cc(C)cc(-c3cc(C)ccc3C)c2C)c1. The Labute approximate surface area is 146 Å². The molecule has 0 bridgehead atoms. The van der Waals surface area contributed by atoms with Crippen molar-refractivity contribution < 1.29 is 0 Å². The van der Waals surface area contributed by atoms with Gasteiger partial charge >= 0.3 is 0 Å². The third-order valence-electron chi connectivity index (χ3n) is 4.92. The molecule has 0 aliphatic rings. The number of hydrogen-bond acceptors (Lipinski definition) is 0. The van der Waals surface area contributed by atoms with Crippen molar-refractivity contribution in [1.29, 1.82) is 0 Å². The average Bonchev–Trinajstić information content (AvgIpc) is 2.54. The molecule has 24 heavy (non-hydrogen) atoms. The zero-order valence-electron chi connectivity index (χ0n) is 15.6. The van der Waals surface area contributed by atoms with Crippen molar-refractivity contribution in [3.8, 4) is 22.3 Å². The highest BCUT2D eigenvalue weighted by atomic mass is 14.2. The van der Waals surface area contributed by atoms with Gasteiger partial charge in [-0.1, -0.05) is 59.7 Å². The number of hydrogen-bond donors (Lipinski definition) is 0. The molecule has 3 aromatic carbocycles. The predicted octanol–water partition coefficient (Wildman–Crippen LogP) is 6.87. The quantitative estimate of drug-likeness (QED) is 0.484. The summed E-state index contributed by atoms with van der Waals surface area (Å²) in [4.78, 5) is 0. The highest BCUT2D eigenvalue weighted by molar-refractivity contribution is 5.82. The molecule has 0 N–H and O–H groups in total. The van der Waals surface area contributed by atoms with Gasteiger partial charge in [0.15, 0.2) is 0 Å². The lowest BCUT2D eigenvalue weighted by Gasteiger charge is -2.17. The molecule has 0 fully saturated rings. The molecule has 3 rings (SSSR count). The van der Waals surface area contributed by atoms with Crippen LogP contribution in [0.3, 0.4) is 0 Å². The van der Waals surface area contributed by atoms with Crippen LogP contribution in [0.1, 0.15) is 33.4 Å². The van der Waals surface area contributed by atoms with Crippen LogP contribution in [0.2, 0.25) is 0 Å². The summed E-state index contributed by atoms with van der Waals surface area (Å²) in [6.07, 6.45) is 0. The van der Waals surface area contributed by atoms with Gasteiger partial charge in [-0.05, 0) is 86.1 Å². The van der Waals surface area contributed by atoms with E-state index < -0.39 is 0 Å². The van der Waals surface area contributed by atoms with Crippen LogP contribution < -0.4 is 0 Å². The van der Waals surface area contributed by atoms with Crippen molar-refractivity contribution in [1.82, 2.24) is 0 Å². The van der Waals surface area contributed by atoms with E-state index in [1.165, 1.54) is 55.6 Å². The Morgan fingerprint density at radius 2 is 0.792 bits per heavy atom. The lowest BCUT2D eigenvalue weighted by Crippen LogP contribution is -1.95. The summed E-state index contributed by atoms with van der Waals surface area (Å²) in [5, 5.41) is 0. The Kier molecular flexibility index (Phi) is 4.32. The highest BCUT2D eigenvalue weighted by Gasteiger charge is 2.13. The average molecular weight is 314 g/mol. The molecular weight excluding hydrogens is 288 g/mol. The molecule has 0 saturated heterocycles. The summed E-state index contributed by atoms with van der Waals surface area (Å²) in [6, 6.07) is 18.1. The van der Waals surface area contributed by atoms with Crippen molar-refractivity contribution in [3.05, 3.63) is 81.9 Å². The Hall–Kier alpha value is -2.34. The molecule has 0 atom stereocenters. The van der Waals surface area contributed by atoms with Gasteiger partial charge in [-0.3, -0.25) is 0 Å². The van der Waals surface area contributed by atoms with Crippen molar-refractivity contribution in [2.45, 2.75) is 41.5 Å². The van der Waals surface area contributed by atoms with Crippen molar-refractivity contribution in [3.63, 3.8) is 0 Å². The van der Waals surface area contributed by atoms with Crippen LogP contribution in [0.15, 0.2) is 48.5 Å². The fourth-order valence-corrected chi connectivity index (χ4v) is 3.47. The number of aryl methyl sites for hydroxylation is 5. The Morgan fingerprint density at radius 3 is 1.21 bits per heavy atom. The standard InChI is InChI=1S/C24H26/c1-15-7-9-18(4)21(11-15)23-13-17(3)14-24(20(23)6)22-12-16(2)8-10-19(22)5/h7-14H,1-6H3. The maximum absolute atomic E-state index is 2.33. The van der Waals surface area contributed by atoms with E-state index in [0.717, 1.165) is 0 Å². The second kappa shape index (κ2) is 6.28. The topological polar surface area (TPSA) is 0 Å². The first-order valence-electron chi connectivity index (χ1n) is 8.63. The molecule has 0 nitrogen and oxygen atoms in total. The summed E-state index contributed by atoms with van der Waals surface area (Å²) >= 11 is 0. The van der Waals surface area contributed by atoms with Gasteiger partial charge in [0.25, 0.3) is 0 Å². The third-order valence-corrected chi connectivity index (χ3v) is 4.92. The summed E-state index contributed by atoms with van der Waals surface area (Å²) in [7, 11) is 0. The predicted molar refractivity (Wildman–Crippen MR) is 106 cm³/mol. The van der Waals surface area contributed by atoms with Gasteiger partial charge in [0.1, 0.15) is 0 Å². The normalized spacial score (nSPS) is 10.9. The largest absolute Gasteiger partial charge is 0.0590 e. The minimum absolute atomic E-state index is 1.31. The molecule has 0 amide bonds. The van der Waals surface area contributed by atoms with E-state index in [9.17, 15) is 0 Å². The summed E-state index contributed by atoms with van der Waals surface area (Å²) in [5.41, 5.74) is 13.4. The summed E-state index contributed by atoms with van der Waals surface area (Å²) in [6.45, 7) is 13.2. The molecule has 0 heterocycles. The fourth-order valence-electron chi connectivity index (χ4n) is 3.47. The second-order valence-electron chi connectivity index (χ2n) is 7.12. The van der Waals surface area contributed by atoms with Crippen LogP contribution in [-0.2, 0) is 0 Å². The molecule has 0 aliphatic heterocycles. The lowest BCUT2D eigenvalue weighted by atomic mass is 9.87. The van der Waals surface area contributed by atoms with E-state index in [0.29, 0.717) is 0 Å². The summed E-state index contributed by atoms with van der Waals surface area (Å²) < 4.78 is 0. The molecule has 3 aromatic rings. The Bertz CT molecular complexity index is 841. The van der Waals surface area contributed by atoms with Gasteiger partial charge in [0, 0.05) is 0 Å². The zero-order chi connectivity index (χ0) is 17.4. The molecule has 0 spiro atoms. The fraction of sp³-hybridized carbons (Fsp3) is 0.250. The molecule has 0 saturated carbocycles. The number of rotatable bonds is 2. The molecule has 0 aromatic heterocycles. The maximum Gasteiger partial charge on any atom is -0.0143 e. The van der Waals surface area contributed by atoms with E-state index in [1.54, 1.807) is 0 Å². The van der Waals surface area contributed by atoms with E-state index >= 15 is 0 Å². The van der Waals surface area contributed by atoms with Gasteiger partial charge in [0.2, 0.25) is 0 Å². The highest BCUT2D eigenvalue weighted by Crippen LogP contribution is 2.36.